The molecule has 2 aromatic carbocycles. The second kappa shape index (κ2) is 8.61. The van der Waals surface area contributed by atoms with E-state index in [0.717, 1.165) is 5.56 Å². The van der Waals surface area contributed by atoms with Gasteiger partial charge in [0.1, 0.15) is 54.5 Å². The van der Waals surface area contributed by atoms with Gasteiger partial charge in [-0.15, -0.1) is 0 Å². The molecule has 0 aromatic heterocycles. The normalized spacial score (nSPS) is 22.3. The van der Waals surface area contributed by atoms with E-state index in [9.17, 15) is 10.2 Å². The molecule has 2 N–H and O–H groups in total. The molecule has 0 aliphatic carbocycles. The molecule has 0 bridgehead atoms. The Morgan fingerprint density at radius 1 is 1.12 bits per heavy atom. The maximum absolute atomic E-state index is 11.7. The van der Waals surface area contributed by atoms with Crippen LogP contribution in [0, 0.1) is 6.92 Å². The van der Waals surface area contributed by atoms with Gasteiger partial charge in [0.25, 0.3) is 0 Å². The van der Waals surface area contributed by atoms with E-state index >= 15 is 0 Å². The SMILES string of the molecule is C=CCOc1ccc(C2(O)COc3c(ccc4c3C=CC(C)(C)O4)C2O)c(OCC=C)c1C. The molecule has 0 radical (unpaired) electrons. The molecule has 0 saturated carbocycles. The summed E-state index contributed by atoms with van der Waals surface area (Å²) in [4.78, 5) is 0. The number of fused-ring (bicyclic) bond motifs is 3. The molecule has 2 aromatic rings. The summed E-state index contributed by atoms with van der Waals surface area (Å²) >= 11 is 0. The van der Waals surface area contributed by atoms with E-state index in [1.807, 2.05) is 32.9 Å². The topological polar surface area (TPSA) is 77.4 Å². The van der Waals surface area contributed by atoms with Gasteiger partial charge >= 0.3 is 0 Å². The van der Waals surface area contributed by atoms with Crippen LogP contribution in [0.15, 0.2) is 55.7 Å². The van der Waals surface area contributed by atoms with E-state index in [2.05, 4.69) is 13.2 Å². The average molecular weight is 451 g/mol. The second-order valence-electron chi connectivity index (χ2n) is 8.81. The summed E-state index contributed by atoms with van der Waals surface area (Å²) in [7, 11) is 0. The monoisotopic (exact) mass is 450 g/mol. The van der Waals surface area contributed by atoms with Gasteiger partial charge in [-0.25, -0.2) is 0 Å². The lowest BCUT2D eigenvalue weighted by Gasteiger charge is -2.40. The van der Waals surface area contributed by atoms with Gasteiger partial charge in [0.15, 0.2) is 5.60 Å². The van der Waals surface area contributed by atoms with Crippen LogP contribution < -0.4 is 18.9 Å². The Morgan fingerprint density at radius 3 is 2.58 bits per heavy atom. The van der Waals surface area contributed by atoms with E-state index in [4.69, 9.17) is 18.9 Å². The zero-order valence-corrected chi connectivity index (χ0v) is 19.3. The first kappa shape index (κ1) is 23.0. The summed E-state index contributed by atoms with van der Waals surface area (Å²) in [6, 6.07) is 6.98. The molecule has 0 amide bonds. The van der Waals surface area contributed by atoms with Crippen LogP contribution in [-0.4, -0.2) is 35.6 Å². The molecule has 2 aliphatic rings. The van der Waals surface area contributed by atoms with Gasteiger partial charge in [0.05, 0.1) is 5.56 Å². The lowest BCUT2D eigenvalue weighted by Crippen LogP contribution is -2.43. The maximum atomic E-state index is 11.7. The number of benzene rings is 2. The number of rotatable bonds is 7. The molecule has 33 heavy (non-hydrogen) atoms. The van der Waals surface area contributed by atoms with Crippen molar-refractivity contribution in [1.29, 1.82) is 0 Å². The first-order valence-corrected chi connectivity index (χ1v) is 10.9. The van der Waals surface area contributed by atoms with Crippen molar-refractivity contribution in [2.75, 3.05) is 19.8 Å². The van der Waals surface area contributed by atoms with Crippen LogP contribution in [0.5, 0.6) is 23.0 Å². The van der Waals surface area contributed by atoms with Gasteiger partial charge in [0, 0.05) is 16.7 Å². The molecule has 6 heteroatoms. The van der Waals surface area contributed by atoms with Gasteiger partial charge in [-0.05, 0) is 57.2 Å². The molecule has 6 nitrogen and oxygen atoms in total. The van der Waals surface area contributed by atoms with Gasteiger partial charge in [0.2, 0.25) is 0 Å². The highest BCUT2D eigenvalue weighted by Gasteiger charge is 2.47. The molecule has 4 rings (SSSR count). The van der Waals surface area contributed by atoms with Crippen molar-refractivity contribution in [2.24, 2.45) is 0 Å². The summed E-state index contributed by atoms with van der Waals surface area (Å²) < 4.78 is 23.7. The highest BCUT2D eigenvalue weighted by molar-refractivity contribution is 5.70. The Labute approximate surface area is 194 Å². The van der Waals surface area contributed by atoms with E-state index < -0.39 is 17.3 Å². The van der Waals surface area contributed by atoms with Crippen molar-refractivity contribution >= 4 is 6.08 Å². The molecule has 0 fully saturated rings. The standard InChI is InChI=1S/C27H30O6/c1-6-14-30-21-11-9-20(23(17(21)3)31-15-7-2)27(29)16-32-24-18-12-13-26(4,5)33-22(18)10-8-19(24)25(27)28/h6-13,25,28-29H,1-2,14-16H2,3-5H3. The highest BCUT2D eigenvalue weighted by atomic mass is 16.5. The fraction of sp³-hybridized carbons (Fsp3) is 0.333. The maximum Gasteiger partial charge on any atom is 0.157 e. The van der Waals surface area contributed by atoms with Crippen LogP contribution in [0.25, 0.3) is 6.08 Å². The Morgan fingerprint density at radius 2 is 1.85 bits per heavy atom. The quantitative estimate of drug-likeness (QED) is 0.600. The van der Waals surface area contributed by atoms with Crippen molar-refractivity contribution in [3.05, 3.63) is 77.9 Å². The van der Waals surface area contributed by atoms with E-state index in [1.165, 1.54) is 0 Å². The Balaban J connectivity index is 1.77. The third-order valence-corrected chi connectivity index (χ3v) is 5.92. The predicted octanol–water partition coefficient (Wildman–Crippen LogP) is 4.62. The summed E-state index contributed by atoms with van der Waals surface area (Å²) in [5, 5.41) is 23.1. The number of aliphatic hydroxyl groups is 2. The zero-order chi connectivity index (χ0) is 23.8. The predicted molar refractivity (Wildman–Crippen MR) is 127 cm³/mol. The van der Waals surface area contributed by atoms with Crippen LogP contribution in [0.1, 0.15) is 42.2 Å². The summed E-state index contributed by atoms with van der Waals surface area (Å²) in [6.07, 6.45) is 5.90. The molecular formula is C27H30O6. The smallest absolute Gasteiger partial charge is 0.157 e. The van der Waals surface area contributed by atoms with E-state index in [-0.39, 0.29) is 13.2 Å². The van der Waals surface area contributed by atoms with Crippen LogP contribution in [-0.2, 0) is 5.60 Å². The Bertz CT molecular complexity index is 1120. The summed E-state index contributed by atoms with van der Waals surface area (Å²) in [6.45, 7) is 13.6. The Kier molecular flexibility index (Phi) is 5.99. The minimum Gasteiger partial charge on any atom is -0.489 e. The van der Waals surface area contributed by atoms with Gasteiger partial charge in [-0.1, -0.05) is 25.3 Å². The molecule has 2 atom stereocenters. The van der Waals surface area contributed by atoms with Gasteiger partial charge < -0.3 is 29.2 Å². The van der Waals surface area contributed by atoms with Crippen LogP contribution in [0.4, 0.5) is 0 Å². The van der Waals surface area contributed by atoms with Crippen LogP contribution >= 0.6 is 0 Å². The molecule has 2 aliphatic heterocycles. The molecule has 0 spiro atoms. The number of aliphatic hydroxyl groups excluding tert-OH is 1. The van der Waals surface area contributed by atoms with Gasteiger partial charge in [-0.3, -0.25) is 0 Å². The van der Waals surface area contributed by atoms with Gasteiger partial charge in [-0.2, -0.15) is 0 Å². The molecule has 2 unspecified atom stereocenters. The van der Waals surface area contributed by atoms with Crippen molar-refractivity contribution in [1.82, 2.24) is 0 Å². The number of hydrogen-bond donors (Lipinski definition) is 2. The van der Waals surface area contributed by atoms with Crippen LogP contribution in [0.3, 0.4) is 0 Å². The highest BCUT2D eigenvalue weighted by Crippen LogP contribution is 2.51. The van der Waals surface area contributed by atoms with Crippen molar-refractivity contribution in [3.8, 4) is 23.0 Å². The van der Waals surface area contributed by atoms with Crippen molar-refractivity contribution in [2.45, 2.75) is 38.1 Å². The first-order chi connectivity index (χ1) is 15.7. The van der Waals surface area contributed by atoms with Crippen molar-refractivity contribution in [3.63, 3.8) is 0 Å². The van der Waals surface area contributed by atoms with Crippen LogP contribution in [0.2, 0.25) is 0 Å². The fourth-order valence-electron chi connectivity index (χ4n) is 4.21. The summed E-state index contributed by atoms with van der Waals surface area (Å²) in [5.41, 5.74) is 0.177. The fourth-order valence-corrected chi connectivity index (χ4v) is 4.21. The minimum absolute atomic E-state index is 0.161. The number of hydrogen-bond acceptors (Lipinski definition) is 6. The number of ether oxygens (including phenoxy) is 4. The molecule has 2 heterocycles. The first-order valence-electron chi connectivity index (χ1n) is 10.9. The lowest BCUT2D eigenvalue weighted by molar-refractivity contribution is -0.122. The van der Waals surface area contributed by atoms with E-state index in [1.54, 1.807) is 36.4 Å². The molecular weight excluding hydrogens is 420 g/mol. The lowest BCUT2D eigenvalue weighted by atomic mass is 9.81. The average Bonchev–Trinajstić information content (AvgIpc) is 2.78. The third-order valence-electron chi connectivity index (χ3n) is 5.92. The van der Waals surface area contributed by atoms with E-state index in [0.29, 0.717) is 46.3 Å². The molecule has 174 valence electrons. The largest absolute Gasteiger partial charge is 0.489 e. The zero-order valence-electron chi connectivity index (χ0n) is 19.3. The summed E-state index contributed by atoms with van der Waals surface area (Å²) in [5.74, 6) is 2.21. The molecule has 0 saturated heterocycles. The Hall–Kier alpha value is -3.22. The minimum atomic E-state index is -1.74. The second-order valence-corrected chi connectivity index (χ2v) is 8.81. The van der Waals surface area contributed by atoms with Crippen molar-refractivity contribution < 1.29 is 29.2 Å². The third kappa shape index (κ3) is 4.01.